The van der Waals surface area contributed by atoms with Crippen molar-refractivity contribution in [1.82, 2.24) is 0 Å². The maximum absolute atomic E-state index is 12.2. The van der Waals surface area contributed by atoms with Crippen molar-refractivity contribution < 1.29 is 13.2 Å². The van der Waals surface area contributed by atoms with E-state index in [2.05, 4.69) is 0 Å². The van der Waals surface area contributed by atoms with Gasteiger partial charge in [0.1, 0.15) is 5.56 Å². The summed E-state index contributed by atoms with van der Waals surface area (Å²) in [4.78, 5) is 0. The monoisotopic (exact) mass is 199 g/mol. The van der Waals surface area contributed by atoms with Gasteiger partial charge in [-0.3, -0.25) is 0 Å². The van der Waals surface area contributed by atoms with Crippen LogP contribution in [0.4, 0.5) is 13.2 Å². The fourth-order valence-electron chi connectivity index (χ4n) is 1.32. The van der Waals surface area contributed by atoms with Crippen LogP contribution in [-0.4, -0.2) is 0 Å². The topological polar surface area (TPSA) is 0 Å². The zero-order chi connectivity index (χ0) is 10.2. The number of halogens is 3. The van der Waals surface area contributed by atoms with Crippen LogP contribution in [0.5, 0.6) is 0 Å². The van der Waals surface area contributed by atoms with Crippen molar-refractivity contribution in [2.75, 3.05) is 0 Å². The van der Waals surface area contributed by atoms with Gasteiger partial charge in [0.2, 0.25) is 0 Å². The van der Waals surface area contributed by atoms with Crippen LogP contribution in [0.15, 0.2) is 24.3 Å². The molecule has 1 aromatic rings. The lowest BCUT2D eigenvalue weighted by Crippen LogP contribution is -2.04. The van der Waals surface area contributed by atoms with Crippen molar-refractivity contribution in [3.05, 3.63) is 41.8 Å². The fourth-order valence-corrected chi connectivity index (χ4v) is 1.32. The third kappa shape index (κ3) is 2.22. The molecule has 1 saturated carbocycles. The van der Waals surface area contributed by atoms with E-state index in [4.69, 9.17) is 0 Å². The Kier molecular flexibility index (Phi) is 2.17. The Morgan fingerprint density at radius 1 is 1.07 bits per heavy atom. The van der Waals surface area contributed by atoms with E-state index in [0.717, 1.165) is 17.7 Å². The maximum Gasteiger partial charge on any atom is 0.418 e. The third-order valence-corrected chi connectivity index (χ3v) is 2.29. The molecule has 0 amide bonds. The molecule has 0 unspecified atom stereocenters. The van der Waals surface area contributed by atoms with Crippen molar-refractivity contribution in [3.8, 4) is 0 Å². The van der Waals surface area contributed by atoms with Crippen LogP contribution >= 0.6 is 0 Å². The Labute approximate surface area is 80.7 Å². The van der Waals surface area contributed by atoms with Crippen LogP contribution in [-0.2, 0) is 6.18 Å². The normalized spacial score (nSPS) is 16.8. The molecule has 1 aliphatic rings. The number of hydrogen-bond acceptors (Lipinski definition) is 0. The Balaban J connectivity index is 2.08. The highest BCUT2D eigenvalue weighted by atomic mass is 19.4. The third-order valence-electron chi connectivity index (χ3n) is 2.29. The summed E-state index contributed by atoms with van der Waals surface area (Å²) in [6.07, 6.45) is 0.139. The summed E-state index contributed by atoms with van der Waals surface area (Å²) in [7, 11) is 0. The second-order valence-electron chi connectivity index (χ2n) is 3.62. The lowest BCUT2D eigenvalue weighted by Gasteiger charge is -2.03. The molecule has 0 spiro atoms. The van der Waals surface area contributed by atoms with Crippen molar-refractivity contribution in [2.45, 2.75) is 19.0 Å². The highest BCUT2D eigenvalue weighted by Crippen LogP contribution is 2.35. The van der Waals surface area contributed by atoms with Gasteiger partial charge in [-0.25, -0.2) is 0 Å². The number of hydrogen-bond donors (Lipinski definition) is 0. The Hall–Kier alpha value is -1.12. The number of rotatable bonds is 2. The maximum atomic E-state index is 12.2. The molecule has 0 nitrogen and oxygen atoms in total. The molecule has 0 bridgehead atoms. The molecule has 0 atom stereocenters. The van der Waals surface area contributed by atoms with Gasteiger partial charge in [-0.1, -0.05) is 0 Å². The largest absolute Gasteiger partial charge is 0.418 e. The van der Waals surface area contributed by atoms with Crippen LogP contribution in [0, 0.1) is 12.3 Å². The minimum absolute atomic E-state index is 0.578. The van der Waals surface area contributed by atoms with E-state index < -0.39 is 11.7 Å². The first-order chi connectivity index (χ1) is 6.55. The van der Waals surface area contributed by atoms with Crippen molar-refractivity contribution >= 4 is 0 Å². The van der Waals surface area contributed by atoms with E-state index in [0.29, 0.717) is 5.92 Å². The fraction of sp³-hybridized carbons (Fsp3) is 0.364. The second-order valence-corrected chi connectivity index (χ2v) is 3.62. The summed E-state index contributed by atoms with van der Waals surface area (Å²) in [6.45, 7) is 0. The molecule has 2 rings (SSSR count). The molecule has 1 aromatic carbocycles. The molecule has 0 heterocycles. The van der Waals surface area contributed by atoms with Gasteiger partial charge in [-0.2, -0.15) is 13.2 Å². The predicted molar refractivity (Wildman–Crippen MR) is 47.6 cm³/mol. The van der Waals surface area contributed by atoms with Crippen molar-refractivity contribution in [1.29, 1.82) is 0 Å². The average Bonchev–Trinajstić information content (AvgIpc) is 2.88. The number of alkyl halides is 3. The molecule has 1 fully saturated rings. The van der Waals surface area contributed by atoms with Gasteiger partial charge < -0.3 is 0 Å². The Morgan fingerprint density at radius 3 is 2.07 bits per heavy atom. The molecule has 0 radical (unpaired) electrons. The molecule has 14 heavy (non-hydrogen) atoms. The lowest BCUT2D eigenvalue weighted by atomic mass is 10.1. The summed E-state index contributed by atoms with van der Waals surface area (Å²) >= 11 is 0. The van der Waals surface area contributed by atoms with E-state index in [1.54, 1.807) is 0 Å². The standard InChI is InChI=1S/C11H10F3/c12-11(13,14)10-5-3-9(4-6-10)7-8-1-2-8/h3-8H,1-2H2/q+1. The molecular weight excluding hydrogens is 189 g/mol. The van der Waals surface area contributed by atoms with Gasteiger partial charge in [0.25, 0.3) is 0 Å². The van der Waals surface area contributed by atoms with Gasteiger partial charge in [-0.15, -0.1) is 0 Å². The van der Waals surface area contributed by atoms with Gasteiger partial charge in [0.05, 0.1) is 5.56 Å². The summed E-state index contributed by atoms with van der Waals surface area (Å²) < 4.78 is 36.6. The van der Waals surface area contributed by atoms with Gasteiger partial charge in [-0.05, 0) is 12.8 Å². The van der Waals surface area contributed by atoms with E-state index >= 15 is 0 Å². The first kappa shape index (κ1) is 9.44. The summed E-state index contributed by atoms with van der Waals surface area (Å²) in [6, 6.07) is 5.32. The SMILES string of the molecule is FC(F)(F)c1ccc([CH+]C2CC2)cc1. The van der Waals surface area contributed by atoms with Crippen molar-refractivity contribution in [3.63, 3.8) is 0 Å². The smallest absolute Gasteiger partial charge is 0.166 e. The van der Waals surface area contributed by atoms with E-state index in [1.807, 2.05) is 6.42 Å². The Morgan fingerprint density at radius 2 is 1.64 bits per heavy atom. The molecule has 1 aliphatic carbocycles. The van der Waals surface area contributed by atoms with Crippen LogP contribution in [0.25, 0.3) is 0 Å². The summed E-state index contributed by atoms with van der Waals surface area (Å²) in [5.41, 5.74) is 0.311. The molecule has 0 N–H and O–H groups in total. The number of benzene rings is 1. The van der Waals surface area contributed by atoms with Gasteiger partial charge in [0.15, 0.2) is 0 Å². The van der Waals surface area contributed by atoms with Gasteiger partial charge in [0, 0.05) is 36.6 Å². The molecule has 0 saturated heterocycles. The first-order valence-corrected chi connectivity index (χ1v) is 4.58. The molecule has 74 valence electrons. The zero-order valence-corrected chi connectivity index (χ0v) is 7.51. The van der Waals surface area contributed by atoms with Crippen molar-refractivity contribution in [2.24, 2.45) is 5.92 Å². The van der Waals surface area contributed by atoms with Crippen LogP contribution < -0.4 is 0 Å². The summed E-state index contributed by atoms with van der Waals surface area (Å²) in [5.74, 6) is 0.590. The van der Waals surface area contributed by atoms with E-state index in [-0.39, 0.29) is 0 Å². The summed E-state index contributed by atoms with van der Waals surface area (Å²) in [5, 5.41) is 0. The molecular formula is C11H10F3+. The molecule has 0 aromatic heterocycles. The Bertz CT molecular complexity index is 306. The highest BCUT2D eigenvalue weighted by molar-refractivity contribution is 5.30. The predicted octanol–water partition coefficient (Wildman–Crippen LogP) is 3.67. The lowest BCUT2D eigenvalue weighted by molar-refractivity contribution is -0.137. The van der Waals surface area contributed by atoms with Crippen LogP contribution in [0.3, 0.4) is 0 Å². The minimum atomic E-state index is -4.22. The molecule has 3 heteroatoms. The van der Waals surface area contributed by atoms with E-state index in [1.165, 1.54) is 25.0 Å². The first-order valence-electron chi connectivity index (χ1n) is 4.58. The molecule has 0 aliphatic heterocycles. The van der Waals surface area contributed by atoms with Crippen LogP contribution in [0.1, 0.15) is 24.0 Å². The van der Waals surface area contributed by atoms with E-state index in [9.17, 15) is 13.2 Å². The van der Waals surface area contributed by atoms with Crippen LogP contribution in [0.2, 0.25) is 0 Å². The zero-order valence-electron chi connectivity index (χ0n) is 7.51. The highest BCUT2D eigenvalue weighted by Gasteiger charge is 2.32. The quantitative estimate of drug-likeness (QED) is 0.637. The second kappa shape index (κ2) is 3.23. The van der Waals surface area contributed by atoms with Gasteiger partial charge >= 0.3 is 6.18 Å². The average molecular weight is 199 g/mol. The minimum Gasteiger partial charge on any atom is -0.166 e.